The van der Waals surface area contributed by atoms with Crippen molar-refractivity contribution in [2.75, 3.05) is 5.73 Å². The van der Waals surface area contributed by atoms with Crippen molar-refractivity contribution in [3.05, 3.63) is 47.2 Å². The van der Waals surface area contributed by atoms with Crippen LogP contribution >= 0.6 is 11.8 Å². The zero-order valence-electron chi connectivity index (χ0n) is 10.1. The molecule has 3 N–H and O–H groups in total. The lowest BCUT2D eigenvalue weighted by molar-refractivity contribution is 0.0695. The third-order valence-corrected chi connectivity index (χ3v) is 3.57. The molecule has 0 bridgehead atoms. The summed E-state index contributed by atoms with van der Waals surface area (Å²) in [6, 6.07) is 6.02. The van der Waals surface area contributed by atoms with Gasteiger partial charge in [0.2, 0.25) is 0 Å². The van der Waals surface area contributed by atoms with Crippen LogP contribution in [0.3, 0.4) is 0 Å². The maximum Gasteiger partial charge on any atom is 0.339 e. The minimum Gasteiger partial charge on any atom is -0.478 e. The number of nitrogen functional groups attached to an aromatic ring is 1. The summed E-state index contributed by atoms with van der Waals surface area (Å²) in [5.74, 6) is -0.149. The lowest BCUT2D eigenvalue weighted by Crippen LogP contribution is -1.94. The van der Waals surface area contributed by atoms with Gasteiger partial charge in [0.15, 0.2) is 0 Å². The summed E-state index contributed by atoms with van der Waals surface area (Å²) in [5.41, 5.74) is 5.64. The van der Waals surface area contributed by atoms with Crippen molar-refractivity contribution in [1.29, 1.82) is 0 Å². The van der Waals surface area contributed by atoms with Crippen molar-refractivity contribution >= 4 is 23.4 Å². The molecule has 1 aromatic carbocycles. The number of nitrogens with two attached hydrogens (primary N) is 1. The van der Waals surface area contributed by atoms with E-state index in [9.17, 15) is 9.18 Å². The van der Waals surface area contributed by atoms with Gasteiger partial charge < -0.3 is 15.3 Å². The molecule has 2 aromatic rings. The van der Waals surface area contributed by atoms with E-state index in [-0.39, 0.29) is 11.3 Å². The Morgan fingerprint density at radius 3 is 2.79 bits per heavy atom. The summed E-state index contributed by atoms with van der Waals surface area (Å²) >= 11 is 1.35. The average Bonchev–Trinajstić information content (AvgIpc) is 2.72. The van der Waals surface area contributed by atoms with Crippen molar-refractivity contribution in [3.63, 3.8) is 0 Å². The number of aromatic carboxylic acids is 1. The molecule has 1 aromatic heterocycles. The molecule has 0 atom stereocenters. The maximum atomic E-state index is 13.2. The van der Waals surface area contributed by atoms with E-state index >= 15 is 0 Å². The molecule has 100 valence electrons. The predicted molar refractivity (Wildman–Crippen MR) is 70.8 cm³/mol. The van der Waals surface area contributed by atoms with Gasteiger partial charge in [0.1, 0.15) is 22.9 Å². The molecule has 0 amide bonds. The number of hydrogen-bond acceptors (Lipinski definition) is 4. The van der Waals surface area contributed by atoms with Gasteiger partial charge in [-0.05, 0) is 31.2 Å². The standard InChI is InChI=1S/C13H12FNO3S/c1-7-10(13(16)17)4-8(18-7)6-19-9-2-3-12(15)11(14)5-9/h2-5H,6,15H2,1H3,(H,16,17). The van der Waals surface area contributed by atoms with Crippen LogP contribution in [-0.4, -0.2) is 11.1 Å². The van der Waals surface area contributed by atoms with Gasteiger partial charge in [0.25, 0.3) is 0 Å². The first-order chi connectivity index (χ1) is 8.97. The van der Waals surface area contributed by atoms with Crippen LogP contribution in [0.4, 0.5) is 10.1 Å². The van der Waals surface area contributed by atoms with Crippen LogP contribution in [0.2, 0.25) is 0 Å². The zero-order valence-corrected chi connectivity index (χ0v) is 11.0. The van der Waals surface area contributed by atoms with Gasteiger partial charge in [-0.1, -0.05) is 0 Å². The highest BCUT2D eigenvalue weighted by atomic mass is 32.2. The van der Waals surface area contributed by atoms with Crippen LogP contribution < -0.4 is 5.73 Å². The highest BCUT2D eigenvalue weighted by Crippen LogP contribution is 2.27. The van der Waals surface area contributed by atoms with E-state index in [0.717, 1.165) is 0 Å². The second-order valence-corrected chi connectivity index (χ2v) is 5.01. The van der Waals surface area contributed by atoms with Crippen LogP contribution in [-0.2, 0) is 5.75 Å². The molecule has 6 heteroatoms. The summed E-state index contributed by atoms with van der Waals surface area (Å²) in [7, 11) is 0. The number of carbonyl (C=O) groups is 1. The van der Waals surface area contributed by atoms with Crippen LogP contribution in [0.15, 0.2) is 33.6 Å². The van der Waals surface area contributed by atoms with Crippen molar-refractivity contribution in [2.24, 2.45) is 0 Å². The van der Waals surface area contributed by atoms with Gasteiger partial charge in [-0.25, -0.2) is 9.18 Å². The van der Waals surface area contributed by atoms with Crippen LogP contribution in [0.1, 0.15) is 21.9 Å². The Morgan fingerprint density at radius 1 is 1.47 bits per heavy atom. The van der Waals surface area contributed by atoms with E-state index < -0.39 is 11.8 Å². The lowest BCUT2D eigenvalue weighted by Gasteiger charge is -2.01. The smallest absolute Gasteiger partial charge is 0.339 e. The van der Waals surface area contributed by atoms with Crippen molar-refractivity contribution in [2.45, 2.75) is 17.6 Å². The Hall–Kier alpha value is -1.95. The minimum atomic E-state index is -1.02. The van der Waals surface area contributed by atoms with Crippen LogP contribution in [0.25, 0.3) is 0 Å². The number of hydrogen-bond donors (Lipinski definition) is 2. The molecule has 0 saturated carbocycles. The summed E-state index contributed by atoms with van der Waals surface area (Å²) in [5, 5.41) is 8.90. The molecule has 0 radical (unpaired) electrons. The van der Waals surface area contributed by atoms with Crippen molar-refractivity contribution in [3.8, 4) is 0 Å². The monoisotopic (exact) mass is 281 g/mol. The van der Waals surface area contributed by atoms with Gasteiger partial charge >= 0.3 is 5.97 Å². The number of benzene rings is 1. The van der Waals surface area contributed by atoms with Crippen LogP contribution in [0, 0.1) is 12.7 Å². The molecule has 0 spiro atoms. The van der Waals surface area contributed by atoms with Gasteiger partial charge in [-0.2, -0.15) is 0 Å². The van der Waals surface area contributed by atoms with Gasteiger partial charge in [-0.3, -0.25) is 0 Å². The number of halogens is 1. The molecule has 0 fully saturated rings. The Kier molecular flexibility index (Phi) is 3.80. The topological polar surface area (TPSA) is 76.5 Å². The number of carboxylic acids is 1. The quantitative estimate of drug-likeness (QED) is 0.664. The molecule has 1 heterocycles. The third kappa shape index (κ3) is 3.08. The second kappa shape index (κ2) is 5.36. The molecule has 0 unspecified atom stereocenters. The van der Waals surface area contributed by atoms with Crippen molar-refractivity contribution < 1.29 is 18.7 Å². The summed E-state index contributed by atoms with van der Waals surface area (Å²) in [6.07, 6.45) is 0. The van der Waals surface area contributed by atoms with Gasteiger partial charge in [0, 0.05) is 4.90 Å². The molecular formula is C13H12FNO3S. The first-order valence-electron chi connectivity index (χ1n) is 5.48. The second-order valence-electron chi connectivity index (χ2n) is 3.96. The molecule has 4 nitrogen and oxygen atoms in total. The molecule has 0 saturated heterocycles. The summed E-state index contributed by atoms with van der Waals surface area (Å²) in [6.45, 7) is 1.60. The number of carboxylic acid groups (broad SMARTS) is 1. The normalized spacial score (nSPS) is 10.6. The van der Waals surface area contributed by atoms with Crippen LogP contribution in [0.5, 0.6) is 0 Å². The Bertz CT molecular complexity index is 624. The number of anilines is 1. The van der Waals surface area contributed by atoms with Crippen molar-refractivity contribution in [1.82, 2.24) is 0 Å². The average molecular weight is 281 g/mol. The molecule has 0 aliphatic carbocycles. The number of rotatable bonds is 4. The Labute approximate surface area is 113 Å². The van der Waals surface area contributed by atoms with E-state index in [1.165, 1.54) is 30.0 Å². The predicted octanol–water partition coefficient (Wildman–Crippen LogP) is 3.30. The fourth-order valence-corrected chi connectivity index (χ4v) is 2.38. The minimum absolute atomic E-state index is 0.103. The van der Waals surface area contributed by atoms with Gasteiger partial charge in [-0.15, -0.1) is 11.8 Å². The lowest BCUT2D eigenvalue weighted by atomic mass is 10.2. The van der Waals surface area contributed by atoms with E-state index in [1.807, 2.05) is 0 Å². The van der Waals surface area contributed by atoms with E-state index in [1.54, 1.807) is 13.0 Å². The maximum absolute atomic E-state index is 13.2. The summed E-state index contributed by atoms with van der Waals surface area (Å²) < 4.78 is 18.6. The third-order valence-electron chi connectivity index (χ3n) is 2.55. The van der Waals surface area contributed by atoms with E-state index in [4.69, 9.17) is 15.3 Å². The molecular weight excluding hydrogens is 269 g/mol. The highest BCUT2D eigenvalue weighted by molar-refractivity contribution is 7.98. The van der Waals surface area contributed by atoms with E-state index in [0.29, 0.717) is 22.2 Å². The Morgan fingerprint density at radius 2 is 2.21 bits per heavy atom. The Balaban J connectivity index is 2.08. The molecule has 2 rings (SSSR count). The number of furan rings is 1. The number of aryl methyl sites for hydroxylation is 1. The molecule has 0 aliphatic rings. The zero-order chi connectivity index (χ0) is 14.0. The summed E-state index contributed by atoms with van der Waals surface area (Å²) in [4.78, 5) is 11.6. The first-order valence-corrected chi connectivity index (χ1v) is 6.46. The van der Waals surface area contributed by atoms with E-state index in [2.05, 4.69) is 0 Å². The van der Waals surface area contributed by atoms with Gasteiger partial charge in [0.05, 0.1) is 11.4 Å². The SMILES string of the molecule is Cc1oc(CSc2ccc(N)c(F)c2)cc1C(=O)O. The largest absolute Gasteiger partial charge is 0.478 e. The fraction of sp³-hybridized carbons (Fsp3) is 0.154. The highest BCUT2D eigenvalue weighted by Gasteiger charge is 2.13. The fourth-order valence-electron chi connectivity index (χ4n) is 1.58. The number of thioether (sulfide) groups is 1. The molecule has 0 aliphatic heterocycles. The first kappa shape index (κ1) is 13.5. The molecule has 19 heavy (non-hydrogen) atoms.